The van der Waals surface area contributed by atoms with Gasteiger partial charge in [-0.1, -0.05) is 13.8 Å². The Kier molecular flexibility index (Phi) is 3.99. The number of aromatic nitrogens is 2. The zero-order valence-corrected chi connectivity index (χ0v) is 16.8. The minimum Gasteiger partial charge on any atom is -0.477 e. The van der Waals surface area contributed by atoms with E-state index in [2.05, 4.69) is 13.8 Å². The molecule has 0 bridgehead atoms. The summed E-state index contributed by atoms with van der Waals surface area (Å²) in [5, 5.41) is 4.80. The number of hydrogen-bond acceptors (Lipinski definition) is 4. The van der Waals surface area contributed by atoms with Crippen molar-refractivity contribution >= 4 is 12.6 Å². The Morgan fingerprint density at radius 2 is 1.59 bits per heavy atom. The van der Waals surface area contributed by atoms with E-state index in [0.717, 1.165) is 17.6 Å². The summed E-state index contributed by atoms with van der Waals surface area (Å²) in [4.78, 5) is 0. The third-order valence-electron chi connectivity index (χ3n) is 5.72. The molecule has 0 saturated carbocycles. The van der Waals surface area contributed by atoms with Crippen molar-refractivity contribution in [3.8, 4) is 17.1 Å². The monoisotopic (exact) mass is 372 g/mol. The predicted molar refractivity (Wildman–Crippen MR) is 103 cm³/mol. The predicted octanol–water partition coefficient (Wildman–Crippen LogP) is 3.41. The molecule has 1 aromatic carbocycles. The van der Waals surface area contributed by atoms with Crippen molar-refractivity contribution in [1.82, 2.24) is 9.78 Å². The Morgan fingerprint density at radius 3 is 2.19 bits per heavy atom. The molecular formula is C20H26BFN2O3. The molecule has 4 rings (SSSR count). The van der Waals surface area contributed by atoms with Crippen molar-refractivity contribution in [3.05, 3.63) is 30.1 Å². The van der Waals surface area contributed by atoms with Crippen LogP contribution in [-0.2, 0) is 15.9 Å². The van der Waals surface area contributed by atoms with E-state index < -0.39 is 18.3 Å². The van der Waals surface area contributed by atoms with Crippen LogP contribution in [-0.4, -0.2) is 34.7 Å². The van der Waals surface area contributed by atoms with Crippen LogP contribution in [0.4, 0.5) is 4.39 Å². The van der Waals surface area contributed by atoms with E-state index in [1.165, 1.54) is 12.1 Å². The van der Waals surface area contributed by atoms with Gasteiger partial charge in [-0.25, -0.2) is 9.07 Å². The van der Waals surface area contributed by atoms with Crippen LogP contribution in [0.15, 0.2) is 24.3 Å². The molecule has 1 fully saturated rings. The molecule has 3 heterocycles. The molecule has 0 atom stereocenters. The molecule has 2 aromatic rings. The second-order valence-electron chi connectivity index (χ2n) is 9.27. The lowest BCUT2D eigenvalue weighted by molar-refractivity contribution is 0.00578. The van der Waals surface area contributed by atoms with Crippen molar-refractivity contribution in [1.29, 1.82) is 0 Å². The van der Waals surface area contributed by atoms with Gasteiger partial charge in [0.1, 0.15) is 5.82 Å². The smallest absolute Gasteiger partial charge is 0.477 e. The van der Waals surface area contributed by atoms with Crippen LogP contribution in [0, 0.1) is 11.2 Å². The van der Waals surface area contributed by atoms with Gasteiger partial charge in [-0.2, -0.15) is 5.10 Å². The van der Waals surface area contributed by atoms with Crippen molar-refractivity contribution in [2.45, 2.75) is 59.3 Å². The van der Waals surface area contributed by atoms with Crippen LogP contribution in [0.2, 0.25) is 0 Å². The van der Waals surface area contributed by atoms with E-state index in [9.17, 15) is 4.39 Å². The summed E-state index contributed by atoms with van der Waals surface area (Å²) in [6, 6.07) is 6.33. The maximum absolute atomic E-state index is 13.4. The fourth-order valence-corrected chi connectivity index (χ4v) is 3.43. The summed E-state index contributed by atoms with van der Waals surface area (Å²) in [7, 11) is -0.597. The first-order valence-electron chi connectivity index (χ1n) is 9.34. The van der Waals surface area contributed by atoms with Crippen LogP contribution >= 0.6 is 0 Å². The topological polar surface area (TPSA) is 45.5 Å². The maximum Gasteiger partial charge on any atom is 0.502 e. The molecule has 0 unspecified atom stereocenters. The summed E-state index contributed by atoms with van der Waals surface area (Å²) in [5.41, 5.74) is 1.33. The molecule has 0 spiro atoms. The molecule has 5 nitrogen and oxygen atoms in total. The average Bonchev–Trinajstić information content (AvgIpc) is 3.00. The highest BCUT2D eigenvalue weighted by atomic mass is 19.1. The van der Waals surface area contributed by atoms with Gasteiger partial charge >= 0.3 is 7.12 Å². The third kappa shape index (κ3) is 3.07. The van der Waals surface area contributed by atoms with Gasteiger partial charge in [0.25, 0.3) is 0 Å². The van der Waals surface area contributed by atoms with Crippen LogP contribution in [0.5, 0.6) is 5.88 Å². The molecule has 144 valence electrons. The van der Waals surface area contributed by atoms with Gasteiger partial charge in [0.05, 0.1) is 35.5 Å². The van der Waals surface area contributed by atoms with E-state index in [1.54, 1.807) is 12.1 Å². The standard InChI is InChI=1S/C20H26BFN2O3/c1-18(2)11-24-17(25-12-18)15(21-26-19(3,4)20(5,6)27-21)16(23-24)13-7-9-14(22)10-8-13/h7-10H,11-12H2,1-6H3. The number of hydrogen-bond donors (Lipinski definition) is 0. The minimum absolute atomic E-state index is 0.0215. The van der Waals surface area contributed by atoms with Gasteiger partial charge in [-0.15, -0.1) is 0 Å². The van der Waals surface area contributed by atoms with Gasteiger partial charge in [0.2, 0.25) is 5.88 Å². The first-order valence-corrected chi connectivity index (χ1v) is 9.34. The summed E-state index contributed by atoms with van der Waals surface area (Å²) >= 11 is 0. The lowest BCUT2D eigenvalue weighted by atomic mass is 9.77. The highest BCUT2D eigenvalue weighted by Crippen LogP contribution is 2.39. The molecule has 1 aromatic heterocycles. The molecular weight excluding hydrogens is 346 g/mol. The largest absolute Gasteiger partial charge is 0.502 e. The summed E-state index contributed by atoms with van der Waals surface area (Å²) < 4.78 is 34.0. The zero-order chi connectivity index (χ0) is 19.6. The van der Waals surface area contributed by atoms with Crippen LogP contribution in [0.25, 0.3) is 11.3 Å². The van der Waals surface area contributed by atoms with Crippen molar-refractivity contribution in [2.75, 3.05) is 6.61 Å². The van der Waals surface area contributed by atoms with E-state index in [1.807, 2.05) is 32.4 Å². The fraction of sp³-hybridized carbons (Fsp3) is 0.550. The lowest BCUT2D eigenvalue weighted by Gasteiger charge is -2.32. The van der Waals surface area contributed by atoms with E-state index in [0.29, 0.717) is 18.2 Å². The summed E-state index contributed by atoms with van der Waals surface area (Å²) in [6.45, 7) is 13.7. The molecule has 2 aliphatic heterocycles. The van der Waals surface area contributed by atoms with Crippen LogP contribution in [0.3, 0.4) is 0 Å². The highest BCUT2D eigenvalue weighted by molar-refractivity contribution is 6.64. The Morgan fingerprint density at radius 1 is 1.00 bits per heavy atom. The Balaban J connectivity index is 1.85. The molecule has 27 heavy (non-hydrogen) atoms. The molecule has 0 aliphatic carbocycles. The Labute approximate surface area is 159 Å². The van der Waals surface area contributed by atoms with Crippen LogP contribution < -0.4 is 10.2 Å². The number of ether oxygens (including phenoxy) is 1. The number of nitrogens with zero attached hydrogens (tertiary/aromatic N) is 2. The zero-order valence-electron chi connectivity index (χ0n) is 16.8. The highest BCUT2D eigenvalue weighted by Gasteiger charge is 2.54. The van der Waals surface area contributed by atoms with Gasteiger partial charge in [0.15, 0.2) is 0 Å². The van der Waals surface area contributed by atoms with Gasteiger partial charge in [-0.3, -0.25) is 0 Å². The van der Waals surface area contributed by atoms with Crippen molar-refractivity contribution in [3.63, 3.8) is 0 Å². The third-order valence-corrected chi connectivity index (χ3v) is 5.72. The lowest BCUT2D eigenvalue weighted by Crippen LogP contribution is -2.41. The van der Waals surface area contributed by atoms with Gasteiger partial charge in [-0.05, 0) is 52.0 Å². The average molecular weight is 372 g/mol. The molecule has 1 saturated heterocycles. The molecule has 0 radical (unpaired) electrons. The van der Waals surface area contributed by atoms with Crippen LogP contribution in [0.1, 0.15) is 41.5 Å². The molecule has 0 amide bonds. The van der Waals surface area contributed by atoms with Crippen molar-refractivity contribution < 1.29 is 18.4 Å². The number of benzene rings is 1. The first-order chi connectivity index (χ1) is 12.5. The Bertz CT molecular complexity index is 858. The van der Waals surface area contributed by atoms with E-state index >= 15 is 0 Å². The molecule has 0 N–H and O–H groups in total. The SMILES string of the molecule is CC1(C)COc2c(B3OC(C)(C)C(C)(C)O3)c(-c3ccc(F)cc3)nn2C1. The summed E-state index contributed by atoms with van der Waals surface area (Å²) in [6.07, 6.45) is 0. The normalized spacial score (nSPS) is 22.4. The maximum atomic E-state index is 13.4. The van der Waals surface area contributed by atoms with Gasteiger partial charge in [0, 0.05) is 11.0 Å². The minimum atomic E-state index is -0.597. The quantitative estimate of drug-likeness (QED) is 0.758. The number of rotatable bonds is 2. The second kappa shape index (κ2) is 5.82. The summed E-state index contributed by atoms with van der Waals surface area (Å²) in [5.74, 6) is 0.393. The van der Waals surface area contributed by atoms with Crippen molar-refractivity contribution in [2.24, 2.45) is 5.41 Å². The molecule has 2 aliphatic rings. The number of halogens is 1. The second-order valence-corrected chi connectivity index (χ2v) is 9.27. The van der Waals surface area contributed by atoms with E-state index in [-0.39, 0.29) is 11.2 Å². The Hall–Kier alpha value is -1.86. The molecule has 7 heteroatoms. The van der Waals surface area contributed by atoms with Gasteiger partial charge < -0.3 is 14.0 Å². The number of fused-ring (bicyclic) bond motifs is 1. The first kappa shape index (κ1) is 18.5. The van der Waals surface area contributed by atoms with E-state index in [4.69, 9.17) is 19.1 Å². The fourth-order valence-electron chi connectivity index (χ4n) is 3.43.